The molecule has 2 N–H and O–H groups in total. The van der Waals surface area contributed by atoms with Gasteiger partial charge in [0.2, 0.25) is 5.16 Å². The molecule has 1 aliphatic carbocycles. The molecule has 1 fully saturated rings. The minimum Gasteiger partial charge on any atom is -0.396 e. The fraction of sp³-hybridized carbons (Fsp3) is 0.300. The van der Waals surface area contributed by atoms with Gasteiger partial charge in [0.1, 0.15) is 11.1 Å². The second-order valence-corrected chi connectivity index (χ2v) is 4.93. The zero-order chi connectivity index (χ0) is 12.5. The largest absolute Gasteiger partial charge is 0.396 e. The van der Waals surface area contributed by atoms with Crippen LogP contribution in [-0.4, -0.2) is 25.2 Å². The quantitative estimate of drug-likeness (QED) is 0.876. The van der Waals surface area contributed by atoms with E-state index in [2.05, 4.69) is 20.5 Å². The smallest absolute Gasteiger partial charge is 0.215 e. The Kier molecular flexibility index (Phi) is 2.60. The summed E-state index contributed by atoms with van der Waals surface area (Å²) in [6.45, 7) is 0. The zero-order valence-electron chi connectivity index (χ0n) is 9.32. The number of aromatic nitrogens is 5. The van der Waals surface area contributed by atoms with Crippen LogP contribution in [0.5, 0.6) is 0 Å². The van der Waals surface area contributed by atoms with Crippen molar-refractivity contribution in [3.8, 4) is 6.07 Å². The van der Waals surface area contributed by atoms with Crippen LogP contribution < -0.4 is 5.73 Å². The molecule has 0 spiro atoms. The van der Waals surface area contributed by atoms with Gasteiger partial charge in [-0.25, -0.2) is 9.67 Å². The third-order valence-corrected chi connectivity index (χ3v) is 3.45. The monoisotopic (exact) mass is 259 g/mol. The van der Waals surface area contributed by atoms with Gasteiger partial charge in [-0.05, 0) is 47.2 Å². The molecule has 0 atom stereocenters. The summed E-state index contributed by atoms with van der Waals surface area (Å²) in [7, 11) is 0. The van der Waals surface area contributed by atoms with E-state index >= 15 is 0 Å². The molecule has 2 aromatic rings. The molecule has 3 rings (SSSR count). The molecular formula is C10H9N7S. The van der Waals surface area contributed by atoms with E-state index < -0.39 is 0 Å². The molecule has 0 aromatic carbocycles. The van der Waals surface area contributed by atoms with Crippen LogP contribution in [0, 0.1) is 11.3 Å². The number of hydrogen-bond acceptors (Lipinski definition) is 7. The Balaban J connectivity index is 1.88. The second-order valence-electron chi connectivity index (χ2n) is 3.94. The molecular weight excluding hydrogens is 250 g/mol. The maximum atomic E-state index is 8.87. The van der Waals surface area contributed by atoms with Crippen molar-refractivity contribution in [2.45, 2.75) is 29.1 Å². The van der Waals surface area contributed by atoms with Crippen molar-refractivity contribution in [1.29, 1.82) is 5.26 Å². The van der Waals surface area contributed by atoms with E-state index in [4.69, 9.17) is 11.0 Å². The van der Waals surface area contributed by atoms with Gasteiger partial charge < -0.3 is 5.73 Å². The molecule has 1 aliphatic rings. The fourth-order valence-corrected chi connectivity index (χ4v) is 2.31. The van der Waals surface area contributed by atoms with Gasteiger partial charge in [0.25, 0.3) is 0 Å². The van der Waals surface area contributed by atoms with E-state index in [1.165, 1.54) is 11.8 Å². The summed E-state index contributed by atoms with van der Waals surface area (Å²) in [6.07, 6.45) is 2.22. The lowest BCUT2D eigenvalue weighted by molar-refractivity contribution is 0.565. The lowest BCUT2D eigenvalue weighted by Crippen LogP contribution is -1.99. The lowest BCUT2D eigenvalue weighted by atomic mass is 10.3. The molecule has 0 radical (unpaired) electrons. The van der Waals surface area contributed by atoms with Crippen LogP contribution in [0.3, 0.4) is 0 Å². The summed E-state index contributed by atoms with van der Waals surface area (Å²) in [5.41, 5.74) is 6.23. The molecule has 2 heterocycles. The normalized spacial score (nSPS) is 14.4. The number of anilines is 1. The number of nitrogen functional groups attached to an aromatic ring is 1. The highest BCUT2D eigenvalue weighted by Gasteiger charge is 2.28. The minimum atomic E-state index is 0.227. The number of pyridine rings is 1. The Morgan fingerprint density at radius 3 is 3.00 bits per heavy atom. The van der Waals surface area contributed by atoms with E-state index in [-0.39, 0.29) is 5.69 Å². The molecule has 8 heteroatoms. The Labute approximate surface area is 107 Å². The van der Waals surface area contributed by atoms with Crippen LogP contribution in [0.1, 0.15) is 24.6 Å². The van der Waals surface area contributed by atoms with Gasteiger partial charge >= 0.3 is 0 Å². The number of nitrogens with two attached hydrogens (primary N) is 1. The highest BCUT2D eigenvalue weighted by molar-refractivity contribution is 7.99. The van der Waals surface area contributed by atoms with Crippen LogP contribution in [-0.2, 0) is 0 Å². The average molecular weight is 259 g/mol. The summed E-state index contributed by atoms with van der Waals surface area (Å²) >= 11 is 1.34. The molecule has 90 valence electrons. The molecule has 1 saturated carbocycles. The average Bonchev–Trinajstić information content (AvgIpc) is 3.12. The Morgan fingerprint density at radius 2 is 2.28 bits per heavy atom. The van der Waals surface area contributed by atoms with Crippen LogP contribution in [0.2, 0.25) is 0 Å². The number of tetrazole rings is 1. The van der Waals surface area contributed by atoms with Gasteiger partial charge in [-0.3, -0.25) is 0 Å². The highest BCUT2D eigenvalue weighted by Crippen LogP contribution is 2.37. The standard InChI is InChI=1S/C10H9N7S/c11-5-8-7(12)3-4-9(13-8)18-10-14-15-16-17(10)6-1-2-6/h3-4,6H,1-2,12H2. The molecule has 7 nitrogen and oxygen atoms in total. The third kappa shape index (κ3) is 2.00. The summed E-state index contributed by atoms with van der Waals surface area (Å²) < 4.78 is 1.80. The first-order valence-corrected chi connectivity index (χ1v) is 6.22. The van der Waals surface area contributed by atoms with Crippen molar-refractivity contribution in [1.82, 2.24) is 25.2 Å². The minimum absolute atomic E-state index is 0.227. The van der Waals surface area contributed by atoms with Crippen molar-refractivity contribution in [2.75, 3.05) is 5.73 Å². The zero-order valence-corrected chi connectivity index (χ0v) is 10.1. The van der Waals surface area contributed by atoms with Crippen LogP contribution in [0.25, 0.3) is 0 Å². The Hall–Kier alpha value is -2.14. The van der Waals surface area contributed by atoms with Crippen molar-refractivity contribution in [3.05, 3.63) is 17.8 Å². The van der Waals surface area contributed by atoms with Gasteiger partial charge in [0.05, 0.1) is 11.7 Å². The van der Waals surface area contributed by atoms with E-state index in [1.807, 2.05) is 6.07 Å². The van der Waals surface area contributed by atoms with Crippen molar-refractivity contribution < 1.29 is 0 Å². The van der Waals surface area contributed by atoms with E-state index in [9.17, 15) is 0 Å². The van der Waals surface area contributed by atoms with Crippen molar-refractivity contribution in [2.24, 2.45) is 0 Å². The lowest BCUT2D eigenvalue weighted by Gasteiger charge is -2.02. The highest BCUT2D eigenvalue weighted by atomic mass is 32.2. The van der Waals surface area contributed by atoms with Crippen LogP contribution >= 0.6 is 11.8 Å². The summed E-state index contributed by atoms with van der Waals surface area (Å²) in [4.78, 5) is 4.15. The second kappa shape index (κ2) is 4.27. The molecule has 0 bridgehead atoms. The predicted molar refractivity (Wildman–Crippen MR) is 63.6 cm³/mol. The van der Waals surface area contributed by atoms with Gasteiger partial charge in [-0.2, -0.15) is 5.26 Å². The molecule has 0 aliphatic heterocycles. The first kappa shape index (κ1) is 11.0. The number of hydrogen-bond donors (Lipinski definition) is 1. The molecule has 2 aromatic heterocycles. The van der Waals surface area contributed by atoms with Crippen molar-refractivity contribution >= 4 is 17.4 Å². The van der Waals surface area contributed by atoms with Gasteiger partial charge in [-0.15, -0.1) is 5.10 Å². The number of rotatable bonds is 3. The SMILES string of the molecule is N#Cc1nc(Sc2nnnn2C2CC2)ccc1N. The maximum Gasteiger partial charge on any atom is 0.215 e. The fourth-order valence-electron chi connectivity index (χ4n) is 1.49. The summed E-state index contributed by atoms with van der Waals surface area (Å²) in [6, 6.07) is 5.79. The van der Waals surface area contributed by atoms with Crippen LogP contribution in [0.4, 0.5) is 5.69 Å². The van der Waals surface area contributed by atoms with E-state index in [1.54, 1.807) is 16.8 Å². The molecule has 0 amide bonds. The maximum absolute atomic E-state index is 8.87. The topological polar surface area (TPSA) is 106 Å². The first-order chi connectivity index (χ1) is 8.78. The Bertz CT molecular complexity index is 625. The van der Waals surface area contributed by atoms with Gasteiger partial charge in [-0.1, -0.05) is 0 Å². The predicted octanol–water partition coefficient (Wildman–Crippen LogP) is 1.01. The van der Waals surface area contributed by atoms with Crippen LogP contribution in [0.15, 0.2) is 22.3 Å². The van der Waals surface area contributed by atoms with Gasteiger partial charge in [0.15, 0.2) is 5.69 Å². The molecule has 0 saturated heterocycles. The molecule has 0 unspecified atom stereocenters. The first-order valence-electron chi connectivity index (χ1n) is 5.40. The third-order valence-electron chi connectivity index (χ3n) is 2.56. The summed E-state index contributed by atoms with van der Waals surface area (Å²) in [5.74, 6) is 0. The van der Waals surface area contributed by atoms with Gasteiger partial charge in [0, 0.05) is 0 Å². The van der Waals surface area contributed by atoms with Crippen molar-refractivity contribution in [3.63, 3.8) is 0 Å². The Morgan fingerprint density at radius 1 is 1.44 bits per heavy atom. The van der Waals surface area contributed by atoms with E-state index in [0.717, 1.165) is 12.8 Å². The molecule has 18 heavy (non-hydrogen) atoms. The number of nitriles is 1. The number of nitrogens with zero attached hydrogens (tertiary/aromatic N) is 6. The summed E-state index contributed by atoms with van der Waals surface area (Å²) in [5, 5.41) is 21.8. The van der Waals surface area contributed by atoms with E-state index in [0.29, 0.717) is 21.9 Å².